The second-order valence-electron chi connectivity index (χ2n) is 7.21. The highest BCUT2D eigenvalue weighted by Crippen LogP contribution is 2.54. The molecule has 3 N–H and O–H groups in total. The number of aromatic carboxylic acids is 1. The lowest BCUT2D eigenvalue weighted by molar-refractivity contribution is 0.0692. The molecule has 1 aliphatic heterocycles. The molecule has 3 rings (SSSR count). The molecule has 1 aliphatic carbocycles. The van der Waals surface area contributed by atoms with Crippen molar-refractivity contribution in [3.05, 3.63) is 34.4 Å². The SMILES string of the molecule is CCCCc1cc(O)c([C@@H]2C=C(C)CC[C@]23N=C3C)c(O)c1C(=O)O. The summed E-state index contributed by atoms with van der Waals surface area (Å²) < 4.78 is 0. The zero-order valence-electron chi connectivity index (χ0n) is 15.0. The van der Waals surface area contributed by atoms with Gasteiger partial charge in [0, 0.05) is 17.2 Å². The molecule has 0 radical (unpaired) electrons. The summed E-state index contributed by atoms with van der Waals surface area (Å²) >= 11 is 0. The highest BCUT2D eigenvalue weighted by Gasteiger charge is 2.53. The molecule has 1 heterocycles. The fourth-order valence-corrected chi connectivity index (χ4v) is 4.01. The third-order valence-electron chi connectivity index (χ3n) is 5.53. The van der Waals surface area contributed by atoms with Crippen LogP contribution in [0.1, 0.15) is 73.9 Å². The van der Waals surface area contributed by atoms with Crippen LogP contribution < -0.4 is 0 Å². The number of aryl methyl sites for hydroxylation is 1. The molecule has 0 amide bonds. The van der Waals surface area contributed by atoms with Crippen LogP contribution in [0.5, 0.6) is 11.5 Å². The third-order valence-corrected chi connectivity index (χ3v) is 5.53. The zero-order chi connectivity index (χ0) is 18.4. The minimum atomic E-state index is -1.16. The van der Waals surface area contributed by atoms with Gasteiger partial charge in [-0.15, -0.1) is 0 Å². The van der Waals surface area contributed by atoms with E-state index in [1.54, 1.807) is 0 Å². The number of phenols is 2. The van der Waals surface area contributed by atoms with Crippen LogP contribution in [0.15, 0.2) is 22.7 Å². The number of hydrogen-bond donors (Lipinski definition) is 3. The van der Waals surface area contributed by atoms with Crippen molar-refractivity contribution in [1.82, 2.24) is 0 Å². The maximum atomic E-state index is 11.8. The number of aromatic hydroxyl groups is 2. The van der Waals surface area contributed by atoms with Crippen molar-refractivity contribution in [2.45, 2.75) is 64.3 Å². The van der Waals surface area contributed by atoms with Gasteiger partial charge >= 0.3 is 5.97 Å². The summed E-state index contributed by atoms with van der Waals surface area (Å²) in [6.07, 6.45) is 5.97. The molecular formula is C20H25NO4. The first-order valence-electron chi connectivity index (χ1n) is 8.87. The summed E-state index contributed by atoms with van der Waals surface area (Å²) in [4.78, 5) is 16.3. The van der Waals surface area contributed by atoms with E-state index in [-0.39, 0.29) is 28.5 Å². The van der Waals surface area contributed by atoms with Crippen LogP contribution in [0, 0.1) is 0 Å². The Morgan fingerprint density at radius 2 is 2.04 bits per heavy atom. The average Bonchev–Trinajstić information content (AvgIpc) is 3.18. The van der Waals surface area contributed by atoms with Crippen LogP contribution >= 0.6 is 0 Å². The summed E-state index contributed by atoms with van der Waals surface area (Å²) in [5.41, 5.74) is 2.42. The van der Waals surface area contributed by atoms with Gasteiger partial charge in [-0.2, -0.15) is 0 Å². The summed E-state index contributed by atoms with van der Waals surface area (Å²) in [5, 5.41) is 31.0. The van der Waals surface area contributed by atoms with Gasteiger partial charge in [0.2, 0.25) is 0 Å². The normalized spacial score (nSPS) is 24.8. The molecule has 1 spiro atoms. The molecule has 2 aliphatic rings. The van der Waals surface area contributed by atoms with Crippen molar-refractivity contribution in [1.29, 1.82) is 0 Å². The van der Waals surface area contributed by atoms with Gasteiger partial charge in [-0.3, -0.25) is 4.99 Å². The first-order chi connectivity index (χ1) is 11.8. The highest BCUT2D eigenvalue weighted by atomic mass is 16.4. The smallest absolute Gasteiger partial charge is 0.339 e. The van der Waals surface area contributed by atoms with E-state index in [2.05, 4.69) is 4.99 Å². The fourth-order valence-electron chi connectivity index (χ4n) is 4.01. The highest BCUT2D eigenvalue weighted by molar-refractivity contribution is 6.05. The second-order valence-corrected chi connectivity index (χ2v) is 7.21. The van der Waals surface area contributed by atoms with E-state index in [1.807, 2.05) is 26.8 Å². The summed E-state index contributed by atoms with van der Waals surface area (Å²) in [6.45, 7) is 5.98. The molecule has 134 valence electrons. The largest absolute Gasteiger partial charge is 0.507 e. The van der Waals surface area contributed by atoms with Gasteiger partial charge in [0.25, 0.3) is 0 Å². The van der Waals surface area contributed by atoms with Crippen LogP contribution in [-0.2, 0) is 6.42 Å². The van der Waals surface area contributed by atoms with E-state index >= 15 is 0 Å². The summed E-state index contributed by atoms with van der Waals surface area (Å²) in [5.74, 6) is -1.84. The van der Waals surface area contributed by atoms with Gasteiger partial charge in [0.1, 0.15) is 22.6 Å². The summed E-state index contributed by atoms with van der Waals surface area (Å²) in [6, 6.07) is 1.51. The fraction of sp³-hybridized carbons (Fsp3) is 0.500. The van der Waals surface area contributed by atoms with E-state index in [0.29, 0.717) is 12.0 Å². The number of aliphatic imine (C=N–C) groups is 1. The topological polar surface area (TPSA) is 90.1 Å². The Bertz CT molecular complexity index is 793. The predicted molar refractivity (Wildman–Crippen MR) is 96.9 cm³/mol. The number of unbranched alkanes of at least 4 members (excludes halogenated alkanes) is 1. The number of rotatable bonds is 5. The van der Waals surface area contributed by atoms with Crippen LogP contribution in [0.25, 0.3) is 0 Å². The first kappa shape index (κ1) is 17.5. The van der Waals surface area contributed by atoms with E-state index in [1.165, 1.54) is 6.07 Å². The molecule has 25 heavy (non-hydrogen) atoms. The van der Waals surface area contributed by atoms with Gasteiger partial charge < -0.3 is 15.3 Å². The molecule has 0 fully saturated rings. The number of carboxylic acids is 1. The molecule has 1 aromatic carbocycles. The Morgan fingerprint density at radius 3 is 2.60 bits per heavy atom. The zero-order valence-corrected chi connectivity index (χ0v) is 15.0. The monoisotopic (exact) mass is 343 g/mol. The van der Waals surface area contributed by atoms with Gasteiger partial charge in [-0.1, -0.05) is 25.0 Å². The maximum Gasteiger partial charge on any atom is 0.339 e. The van der Waals surface area contributed by atoms with Crippen molar-refractivity contribution in [2.75, 3.05) is 0 Å². The lowest BCUT2D eigenvalue weighted by Gasteiger charge is -2.31. The number of nitrogens with zero attached hydrogens (tertiary/aromatic N) is 1. The molecule has 1 aromatic rings. The number of hydrogen-bond acceptors (Lipinski definition) is 4. The van der Waals surface area contributed by atoms with Crippen LogP contribution in [0.3, 0.4) is 0 Å². The van der Waals surface area contributed by atoms with Crippen molar-refractivity contribution < 1.29 is 20.1 Å². The van der Waals surface area contributed by atoms with E-state index < -0.39 is 11.5 Å². The average molecular weight is 343 g/mol. The quantitative estimate of drug-likeness (QED) is 0.700. The molecule has 0 unspecified atom stereocenters. The third kappa shape index (κ3) is 2.81. The van der Waals surface area contributed by atoms with E-state index in [0.717, 1.165) is 37.0 Å². The Labute approximate surface area is 147 Å². The Kier molecular flexibility index (Phi) is 4.35. The standard InChI is InChI=1S/C20H25NO4/c1-4-5-6-13-10-15(22)17(18(23)16(13)19(24)25)14-9-11(2)7-8-20(14)12(3)21-20/h9-10,14,22-23H,4-8H2,1-3H3,(H,24,25)/t14-,20+/m0/s1. The Morgan fingerprint density at radius 1 is 1.36 bits per heavy atom. The lowest BCUT2D eigenvalue weighted by Crippen LogP contribution is -2.30. The van der Waals surface area contributed by atoms with Gasteiger partial charge in [-0.25, -0.2) is 4.79 Å². The first-order valence-corrected chi connectivity index (χ1v) is 8.87. The second kappa shape index (κ2) is 6.21. The Balaban J connectivity index is 2.15. The molecule has 5 nitrogen and oxygen atoms in total. The van der Waals surface area contributed by atoms with E-state index in [9.17, 15) is 20.1 Å². The molecule has 0 bridgehead atoms. The predicted octanol–water partition coefficient (Wildman–Crippen LogP) is 4.18. The van der Waals surface area contributed by atoms with Gasteiger partial charge in [-0.05, 0) is 51.2 Å². The van der Waals surface area contributed by atoms with Crippen molar-refractivity contribution in [2.24, 2.45) is 4.99 Å². The van der Waals surface area contributed by atoms with Crippen LogP contribution in [-0.4, -0.2) is 32.5 Å². The van der Waals surface area contributed by atoms with Crippen molar-refractivity contribution >= 4 is 11.7 Å². The molecule has 0 saturated heterocycles. The van der Waals surface area contributed by atoms with E-state index in [4.69, 9.17) is 0 Å². The molecular weight excluding hydrogens is 318 g/mol. The molecule has 5 heteroatoms. The van der Waals surface area contributed by atoms with Gasteiger partial charge in [0.05, 0.1) is 0 Å². The van der Waals surface area contributed by atoms with Crippen molar-refractivity contribution in [3.8, 4) is 11.5 Å². The molecule has 0 saturated carbocycles. The number of phenolic OH excluding ortho intramolecular Hbond substituents is 1. The van der Waals surface area contributed by atoms with Crippen LogP contribution in [0.2, 0.25) is 0 Å². The minimum absolute atomic E-state index is 0.0428. The number of carboxylic acid groups (broad SMARTS) is 1. The lowest BCUT2D eigenvalue weighted by atomic mass is 9.72. The number of carbonyl (C=O) groups is 1. The number of allylic oxidation sites excluding steroid dienone is 1. The Hall–Kier alpha value is -2.30. The maximum absolute atomic E-state index is 11.8. The van der Waals surface area contributed by atoms with Crippen molar-refractivity contribution in [3.63, 3.8) is 0 Å². The minimum Gasteiger partial charge on any atom is -0.507 e. The van der Waals surface area contributed by atoms with Crippen LogP contribution in [0.4, 0.5) is 0 Å². The molecule has 2 atom stereocenters. The summed E-state index contributed by atoms with van der Waals surface area (Å²) in [7, 11) is 0. The molecule has 0 aromatic heterocycles. The number of benzene rings is 1. The van der Waals surface area contributed by atoms with Gasteiger partial charge in [0.15, 0.2) is 0 Å².